The van der Waals surface area contributed by atoms with Crippen LogP contribution in [-0.4, -0.2) is 28.5 Å². The van der Waals surface area contributed by atoms with E-state index in [4.69, 9.17) is 4.42 Å². The fraction of sp³-hybridized carbons (Fsp3) is 0.417. The van der Waals surface area contributed by atoms with Crippen LogP contribution < -0.4 is 5.32 Å². The predicted octanol–water partition coefficient (Wildman–Crippen LogP) is 4.63. The van der Waals surface area contributed by atoms with E-state index in [2.05, 4.69) is 27.7 Å². The second kappa shape index (κ2) is 8.03. The first-order valence-corrected chi connectivity index (χ1v) is 11.7. The number of furan rings is 1. The third-order valence-electron chi connectivity index (χ3n) is 6.63. The van der Waals surface area contributed by atoms with E-state index in [-0.39, 0.29) is 5.91 Å². The van der Waals surface area contributed by atoms with Crippen molar-refractivity contribution < 1.29 is 9.21 Å². The number of carbonyl (C=O) groups is 1. The Kier molecular flexibility index (Phi) is 5.20. The van der Waals surface area contributed by atoms with Crippen LogP contribution in [-0.2, 0) is 17.8 Å². The fourth-order valence-corrected chi connectivity index (χ4v) is 5.70. The summed E-state index contributed by atoms with van der Waals surface area (Å²) in [4.78, 5) is 17.0. The van der Waals surface area contributed by atoms with E-state index in [0.717, 1.165) is 30.0 Å². The van der Waals surface area contributed by atoms with E-state index in [1.54, 1.807) is 6.26 Å². The van der Waals surface area contributed by atoms with E-state index in [9.17, 15) is 10.1 Å². The molecular formula is C24H26N4O2S. The van der Waals surface area contributed by atoms with Crippen LogP contribution in [0.1, 0.15) is 51.9 Å². The highest BCUT2D eigenvalue weighted by molar-refractivity contribution is 7.10. The lowest BCUT2D eigenvalue weighted by molar-refractivity contribution is -0.118. The van der Waals surface area contributed by atoms with Gasteiger partial charge in [0.1, 0.15) is 17.6 Å². The Morgan fingerprint density at radius 3 is 2.90 bits per heavy atom. The zero-order valence-electron chi connectivity index (χ0n) is 17.9. The highest BCUT2D eigenvalue weighted by atomic mass is 32.1. The van der Waals surface area contributed by atoms with Crippen LogP contribution in [0.4, 0.5) is 5.82 Å². The summed E-state index contributed by atoms with van der Waals surface area (Å²) >= 11 is 1.84. The van der Waals surface area contributed by atoms with Gasteiger partial charge in [0.05, 0.1) is 24.9 Å². The highest BCUT2D eigenvalue weighted by Crippen LogP contribution is 2.48. The van der Waals surface area contributed by atoms with Gasteiger partial charge in [-0.2, -0.15) is 5.26 Å². The van der Waals surface area contributed by atoms with Crippen molar-refractivity contribution in [1.82, 2.24) is 9.47 Å². The molecule has 0 spiro atoms. The van der Waals surface area contributed by atoms with Crippen molar-refractivity contribution in [2.75, 3.05) is 18.4 Å². The lowest BCUT2D eigenvalue weighted by atomic mass is 9.96. The Labute approximate surface area is 186 Å². The summed E-state index contributed by atoms with van der Waals surface area (Å²) in [6, 6.07) is 8.61. The van der Waals surface area contributed by atoms with Gasteiger partial charge in [-0.3, -0.25) is 9.69 Å². The summed E-state index contributed by atoms with van der Waals surface area (Å²) in [5, 5.41) is 15.0. The van der Waals surface area contributed by atoms with Crippen molar-refractivity contribution in [3.8, 4) is 6.07 Å². The van der Waals surface area contributed by atoms with Gasteiger partial charge in [0, 0.05) is 23.2 Å². The number of nitriles is 1. The summed E-state index contributed by atoms with van der Waals surface area (Å²) in [6.07, 6.45) is 5.11. The smallest absolute Gasteiger partial charge is 0.239 e. The number of amides is 1. The molecule has 1 amide bonds. The monoisotopic (exact) mass is 434 g/mol. The number of anilines is 1. The van der Waals surface area contributed by atoms with Crippen LogP contribution in [0.5, 0.6) is 0 Å². The van der Waals surface area contributed by atoms with Crippen molar-refractivity contribution in [1.29, 1.82) is 5.26 Å². The maximum Gasteiger partial charge on any atom is 0.239 e. The number of nitrogens with one attached hydrogen (secondary N) is 1. The van der Waals surface area contributed by atoms with Gasteiger partial charge in [-0.25, -0.2) is 0 Å². The molecule has 31 heavy (non-hydrogen) atoms. The average Bonchev–Trinajstić information content (AvgIpc) is 3.17. The first kappa shape index (κ1) is 20.1. The predicted molar refractivity (Wildman–Crippen MR) is 120 cm³/mol. The molecule has 1 fully saturated rings. The molecule has 7 heteroatoms. The second-order valence-corrected chi connectivity index (χ2v) is 9.56. The highest BCUT2D eigenvalue weighted by Gasteiger charge is 2.40. The zero-order valence-corrected chi connectivity index (χ0v) is 18.7. The molecule has 1 aliphatic heterocycles. The summed E-state index contributed by atoms with van der Waals surface area (Å²) in [5.41, 5.74) is 3.79. The van der Waals surface area contributed by atoms with Gasteiger partial charge in [0.2, 0.25) is 5.91 Å². The molecule has 6 nitrogen and oxygen atoms in total. The minimum atomic E-state index is -0.0703. The number of aromatic nitrogens is 1. The molecule has 0 saturated heterocycles. The normalized spacial score (nSPS) is 18.5. The third kappa shape index (κ3) is 3.71. The van der Waals surface area contributed by atoms with Gasteiger partial charge in [-0.15, -0.1) is 11.3 Å². The Morgan fingerprint density at radius 1 is 1.35 bits per heavy atom. The van der Waals surface area contributed by atoms with E-state index in [1.807, 2.05) is 41.9 Å². The quantitative estimate of drug-likeness (QED) is 0.614. The van der Waals surface area contributed by atoms with Crippen LogP contribution in [0.2, 0.25) is 0 Å². The molecule has 0 bridgehead atoms. The Hall–Kier alpha value is -2.82. The van der Waals surface area contributed by atoms with Crippen LogP contribution in [0, 0.1) is 31.1 Å². The summed E-state index contributed by atoms with van der Waals surface area (Å²) in [7, 11) is 0. The number of rotatable bonds is 6. The van der Waals surface area contributed by atoms with E-state index in [0.29, 0.717) is 36.4 Å². The van der Waals surface area contributed by atoms with Gasteiger partial charge in [-0.05, 0) is 73.7 Å². The minimum absolute atomic E-state index is 0.0703. The van der Waals surface area contributed by atoms with Gasteiger partial charge in [-0.1, -0.05) is 0 Å². The molecule has 1 atom stereocenters. The van der Waals surface area contributed by atoms with Crippen molar-refractivity contribution in [2.45, 2.75) is 45.7 Å². The van der Waals surface area contributed by atoms with Crippen molar-refractivity contribution in [2.24, 2.45) is 5.92 Å². The maximum absolute atomic E-state index is 13.2. The number of carbonyl (C=O) groups excluding carboxylic acids is 1. The lowest BCUT2D eigenvalue weighted by Crippen LogP contribution is -2.41. The Morgan fingerprint density at radius 2 is 2.19 bits per heavy atom. The SMILES string of the molecule is Cc1c(C#N)c(NC(=O)CN2CCc3sccc3[C@H]2C2CC2)n(Cc2ccco2)c1C. The summed E-state index contributed by atoms with van der Waals surface area (Å²) in [5.74, 6) is 1.94. The first-order chi connectivity index (χ1) is 15.1. The Bertz CT molecular complexity index is 1150. The molecule has 0 radical (unpaired) electrons. The Balaban J connectivity index is 1.38. The number of hydrogen-bond acceptors (Lipinski definition) is 5. The van der Waals surface area contributed by atoms with Crippen molar-refractivity contribution in [3.05, 3.63) is 62.9 Å². The number of fused-ring (bicyclic) bond motifs is 1. The van der Waals surface area contributed by atoms with E-state index in [1.165, 1.54) is 23.3 Å². The van der Waals surface area contributed by atoms with Crippen molar-refractivity contribution in [3.63, 3.8) is 0 Å². The molecule has 3 aromatic rings. The van der Waals surface area contributed by atoms with Gasteiger partial charge < -0.3 is 14.3 Å². The standard InChI is InChI=1S/C24H26N4O2S/c1-15-16(2)28(13-18-4-3-10-30-18)24(20(15)12-25)26-22(29)14-27-9-7-21-19(8-11-31-21)23(27)17-5-6-17/h3-4,8,10-11,17,23H,5-7,9,13-14H2,1-2H3,(H,26,29)/t23-/m1/s1. The molecule has 0 aromatic carbocycles. The molecule has 1 saturated carbocycles. The van der Waals surface area contributed by atoms with Crippen LogP contribution in [0.25, 0.3) is 0 Å². The van der Waals surface area contributed by atoms with Crippen LogP contribution >= 0.6 is 11.3 Å². The van der Waals surface area contributed by atoms with Crippen molar-refractivity contribution >= 4 is 23.1 Å². The van der Waals surface area contributed by atoms with E-state index < -0.39 is 0 Å². The second-order valence-electron chi connectivity index (χ2n) is 8.56. The topological polar surface area (TPSA) is 74.2 Å². The molecule has 160 valence electrons. The lowest BCUT2D eigenvalue weighted by Gasteiger charge is -2.35. The van der Waals surface area contributed by atoms with Crippen LogP contribution in [0.3, 0.4) is 0 Å². The molecule has 1 aliphatic carbocycles. The largest absolute Gasteiger partial charge is 0.467 e. The van der Waals surface area contributed by atoms with Gasteiger partial charge in [0.25, 0.3) is 0 Å². The van der Waals surface area contributed by atoms with Gasteiger partial charge in [0.15, 0.2) is 0 Å². The number of nitrogens with zero attached hydrogens (tertiary/aromatic N) is 3. The first-order valence-electron chi connectivity index (χ1n) is 10.8. The zero-order chi connectivity index (χ0) is 21.5. The molecular weight excluding hydrogens is 408 g/mol. The maximum atomic E-state index is 13.2. The van der Waals surface area contributed by atoms with Gasteiger partial charge >= 0.3 is 0 Å². The molecule has 3 aromatic heterocycles. The third-order valence-corrected chi connectivity index (χ3v) is 7.62. The molecule has 4 heterocycles. The van der Waals surface area contributed by atoms with E-state index >= 15 is 0 Å². The molecule has 2 aliphatic rings. The fourth-order valence-electron chi connectivity index (χ4n) is 4.78. The molecule has 5 rings (SSSR count). The number of hydrogen-bond donors (Lipinski definition) is 1. The minimum Gasteiger partial charge on any atom is -0.467 e. The average molecular weight is 435 g/mol. The summed E-state index contributed by atoms with van der Waals surface area (Å²) in [6.45, 7) is 5.61. The molecule has 1 N–H and O–H groups in total. The van der Waals surface area contributed by atoms with Crippen LogP contribution in [0.15, 0.2) is 34.3 Å². The number of thiophene rings is 1. The molecule has 0 unspecified atom stereocenters. The summed E-state index contributed by atoms with van der Waals surface area (Å²) < 4.78 is 7.47.